The Labute approximate surface area is 120 Å². The van der Waals surface area contributed by atoms with Crippen molar-refractivity contribution in [2.45, 2.75) is 0 Å². The highest BCUT2D eigenvalue weighted by Crippen LogP contribution is 2.27. The van der Waals surface area contributed by atoms with Crippen molar-refractivity contribution in [2.75, 3.05) is 24.8 Å². The summed E-state index contributed by atoms with van der Waals surface area (Å²) in [5, 5.41) is 13.3. The summed E-state index contributed by atoms with van der Waals surface area (Å²) < 4.78 is 23.9. The average molecular weight is 317 g/mol. The Balaban J connectivity index is 2.79. The number of nitrogen functional groups attached to an aromatic ring is 1. The summed E-state index contributed by atoms with van der Waals surface area (Å²) in [5.74, 6) is 4.60. The molecule has 10 nitrogen and oxygen atoms in total. The fourth-order valence-corrected chi connectivity index (χ4v) is 2.01. The Kier molecular flexibility index (Phi) is 5.58. The number of sulfonamides is 1. The van der Waals surface area contributed by atoms with Crippen LogP contribution in [0.5, 0.6) is 0 Å². The second-order valence-electron chi connectivity index (χ2n) is 4.02. The molecule has 0 unspecified atom stereocenters. The van der Waals surface area contributed by atoms with Crippen LogP contribution in [0.3, 0.4) is 0 Å². The minimum atomic E-state index is -3.34. The maximum absolute atomic E-state index is 11.9. The molecule has 0 radical (unpaired) electrons. The van der Waals surface area contributed by atoms with Crippen LogP contribution in [0.2, 0.25) is 0 Å². The smallest absolute Gasteiger partial charge is 0.294 e. The summed E-state index contributed by atoms with van der Waals surface area (Å²) in [6.45, 7) is 0.0312. The summed E-state index contributed by atoms with van der Waals surface area (Å²) in [6.07, 6.45) is 0.992. The normalized spacial score (nSPS) is 11.0. The molecule has 0 aliphatic carbocycles. The van der Waals surface area contributed by atoms with Crippen molar-refractivity contribution in [3.63, 3.8) is 0 Å². The van der Waals surface area contributed by atoms with Gasteiger partial charge in [-0.1, -0.05) is 6.07 Å². The van der Waals surface area contributed by atoms with Gasteiger partial charge in [0, 0.05) is 19.2 Å². The number of carbonyl (C=O) groups is 1. The van der Waals surface area contributed by atoms with Crippen molar-refractivity contribution < 1.29 is 18.1 Å². The number of para-hydroxylation sites is 1. The fourth-order valence-electron chi connectivity index (χ4n) is 1.54. The molecule has 1 aromatic rings. The molecule has 1 aromatic carbocycles. The van der Waals surface area contributed by atoms with Crippen molar-refractivity contribution in [1.82, 2.24) is 10.0 Å². The molecule has 0 spiro atoms. The third-order valence-electron chi connectivity index (χ3n) is 2.40. The molecule has 0 fully saturated rings. The van der Waals surface area contributed by atoms with E-state index < -0.39 is 20.9 Å². The molecule has 0 aliphatic rings. The fraction of sp³-hybridized carbons (Fsp3) is 0.300. The van der Waals surface area contributed by atoms with Gasteiger partial charge >= 0.3 is 0 Å². The molecule has 11 heteroatoms. The monoisotopic (exact) mass is 317 g/mol. The molecule has 5 N–H and O–H groups in total. The molecule has 0 atom stereocenters. The number of nitrogens with one attached hydrogen (secondary N) is 3. The first-order valence-electron chi connectivity index (χ1n) is 5.73. The molecule has 0 aromatic heterocycles. The van der Waals surface area contributed by atoms with Gasteiger partial charge in [-0.2, -0.15) is 0 Å². The van der Waals surface area contributed by atoms with Crippen LogP contribution in [-0.2, 0) is 10.0 Å². The Bertz CT molecular complexity index is 645. The van der Waals surface area contributed by atoms with Crippen LogP contribution in [-0.4, -0.2) is 38.6 Å². The zero-order chi connectivity index (χ0) is 16.0. The molecular formula is C10H15N5O5S. The number of anilines is 1. The predicted molar refractivity (Wildman–Crippen MR) is 76.1 cm³/mol. The van der Waals surface area contributed by atoms with E-state index in [0.717, 1.165) is 6.26 Å². The lowest BCUT2D eigenvalue weighted by molar-refractivity contribution is -0.384. The number of hydrogen-bond donors (Lipinski definition) is 4. The number of amides is 1. The summed E-state index contributed by atoms with van der Waals surface area (Å²) in [6, 6.07) is 3.92. The number of benzene rings is 1. The highest BCUT2D eigenvalue weighted by Gasteiger charge is 2.20. The van der Waals surface area contributed by atoms with Gasteiger partial charge < -0.3 is 10.7 Å². The molecular weight excluding hydrogens is 302 g/mol. The first-order chi connectivity index (χ1) is 9.76. The van der Waals surface area contributed by atoms with Crippen LogP contribution < -0.4 is 21.3 Å². The zero-order valence-electron chi connectivity index (χ0n) is 11.1. The van der Waals surface area contributed by atoms with Gasteiger partial charge in [0.25, 0.3) is 11.6 Å². The van der Waals surface area contributed by atoms with E-state index in [0.29, 0.717) is 0 Å². The number of nitro benzene ring substituents is 1. The summed E-state index contributed by atoms with van der Waals surface area (Å²) in [5.41, 5.74) is 1.67. The third-order valence-corrected chi connectivity index (χ3v) is 3.13. The van der Waals surface area contributed by atoms with Gasteiger partial charge in [-0.3, -0.25) is 20.8 Å². The minimum Gasteiger partial charge on any atom is -0.351 e. The number of nitrogens with zero attached hydrogens (tertiary/aromatic N) is 1. The van der Waals surface area contributed by atoms with E-state index in [1.807, 2.05) is 0 Å². The van der Waals surface area contributed by atoms with E-state index >= 15 is 0 Å². The zero-order valence-corrected chi connectivity index (χ0v) is 11.9. The predicted octanol–water partition coefficient (Wildman–Crippen LogP) is -0.841. The molecule has 0 bridgehead atoms. The van der Waals surface area contributed by atoms with E-state index in [2.05, 4.69) is 15.5 Å². The SMILES string of the molecule is CS(=O)(=O)NCCNC(=O)c1cccc([N+](=O)[O-])c1NN. The number of nitrogens with two attached hydrogens (primary N) is 1. The number of hydrogen-bond acceptors (Lipinski definition) is 7. The highest BCUT2D eigenvalue weighted by atomic mass is 32.2. The van der Waals surface area contributed by atoms with Gasteiger partial charge in [0.1, 0.15) is 5.69 Å². The van der Waals surface area contributed by atoms with Crippen LogP contribution in [0, 0.1) is 10.1 Å². The van der Waals surface area contributed by atoms with Crippen LogP contribution in [0.1, 0.15) is 10.4 Å². The molecule has 0 aliphatic heterocycles. The molecule has 0 heterocycles. The number of nitro groups is 1. The van der Waals surface area contributed by atoms with Gasteiger partial charge in [-0.15, -0.1) is 0 Å². The van der Waals surface area contributed by atoms with E-state index in [1.165, 1.54) is 18.2 Å². The molecule has 0 saturated heterocycles. The Hall–Kier alpha value is -2.24. The minimum absolute atomic E-state index is 0.00485. The van der Waals surface area contributed by atoms with Crippen LogP contribution in [0.4, 0.5) is 11.4 Å². The van der Waals surface area contributed by atoms with Crippen LogP contribution in [0.15, 0.2) is 18.2 Å². The summed E-state index contributed by atoms with van der Waals surface area (Å²) in [7, 11) is -3.34. The van der Waals surface area contributed by atoms with Crippen LogP contribution in [0.25, 0.3) is 0 Å². The van der Waals surface area contributed by atoms with Crippen molar-refractivity contribution in [3.8, 4) is 0 Å². The topological polar surface area (TPSA) is 156 Å². The van der Waals surface area contributed by atoms with Gasteiger partial charge in [0.05, 0.1) is 16.7 Å². The maximum atomic E-state index is 11.9. The molecule has 1 rings (SSSR count). The van der Waals surface area contributed by atoms with Gasteiger partial charge in [0.2, 0.25) is 10.0 Å². The van der Waals surface area contributed by atoms with Gasteiger partial charge in [0.15, 0.2) is 0 Å². The molecule has 21 heavy (non-hydrogen) atoms. The third kappa shape index (κ3) is 4.98. The van der Waals surface area contributed by atoms with E-state index in [1.54, 1.807) is 0 Å². The molecule has 116 valence electrons. The van der Waals surface area contributed by atoms with Crippen molar-refractivity contribution >= 4 is 27.3 Å². The van der Waals surface area contributed by atoms with E-state index in [4.69, 9.17) is 5.84 Å². The van der Waals surface area contributed by atoms with Crippen molar-refractivity contribution in [1.29, 1.82) is 0 Å². The van der Waals surface area contributed by atoms with Crippen LogP contribution >= 0.6 is 0 Å². The Morgan fingerprint density at radius 3 is 2.57 bits per heavy atom. The van der Waals surface area contributed by atoms with E-state index in [-0.39, 0.29) is 30.0 Å². The largest absolute Gasteiger partial charge is 0.351 e. The Morgan fingerprint density at radius 2 is 2.05 bits per heavy atom. The lowest BCUT2D eigenvalue weighted by atomic mass is 10.1. The quantitative estimate of drug-likeness (QED) is 0.221. The number of rotatable bonds is 7. The average Bonchev–Trinajstić information content (AvgIpc) is 2.41. The van der Waals surface area contributed by atoms with Crippen molar-refractivity contribution in [3.05, 3.63) is 33.9 Å². The van der Waals surface area contributed by atoms with Gasteiger partial charge in [-0.25, -0.2) is 13.1 Å². The summed E-state index contributed by atoms with van der Waals surface area (Å²) >= 11 is 0. The van der Waals surface area contributed by atoms with E-state index in [9.17, 15) is 23.3 Å². The first kappa shape index (κ1) is 16.8. The lowest BCUT2D eigenvalue weighted by Crippen LogP contribution is -2.34. The van der Waals surface area contributed by atoms with Crippen molar-refractivity contribution in [2.24, 2.45) is 5.84 Å². The lowest BCUT2D eigenvalue weighted by Gasteiger charge is -2.10. The van der Waals surface area contributed by atoms with Gasteiger partial charge in [-0.05, 0) is 6.07 Å². The first-order valence-corrected chi connectivity index (χ1v) is 7.62. The molecule has 0 saturated carbocycles. The number of hydrazine groups is 1. The second kappa shape index (κ2) is 6.97. The second-order valence-corrected chi connectivity index (χ2v) is 5.86. The highest BCUT2D eigenvalue weighted by molar-refractivity contribution is 7.88. The Morgan fingerprint density at radius 1 is 1.38 bits per heavy atom. The standard InChI is InChI=1S/C10H15N5O5S/c1-21(19,20)13-6-5-12-10(16)7-3-2-4-8(15(17)18)9(7)14-11/h2-4,13-14H,5-6,11H2,1H3,(H,12,16). The molecule has 1 amide bonds. The summed E-state index contributed by atoms with van der Waals surface area (Å²) in [4.78, 5) is 22.1. The maximum Gasteiger partial charge on any atom is 0.294 e. The number of carbonyl (C=O) groups excluding carboxylic acids is 1.